The normalized spacial score (nSPS) is 11.4. The maximum Gasteiger partial charge on any atom is 0.216 e. The molecule has 19 heavy (non-hydrogen) atoms. The summed E-state index contributed by atoms with van der Waals surface area (Å²) in [5.41, 5.74) is 0. The molecular formula is C15H41N3O. The van der Waals surface area contributed by atoms with Gasteiger partial charge in [0.2, 0.25) is 5.91 Å². The summed E-state index contributed by atoms with van der Waals surface area (Å²) in [6.45, 7) is 13.9. The summed E-state index contributed by atoms with van der Waals surface area (Å²) in [5.74, 6) is 0.0566. The highest BCUT2D eigenvalue weighted by molar-refractivity contribution is 5.72. The first-order valence-electron chi connectivity index (χ1n) is 7.85. The van der Waals surface area contributed by atoms with E-state index in [0.717, 1.165) is 32.6 Å². The number of carbonyl (C=O) groups is 1. The van der Waals surface area contributed by atoms with Gasteiger partial charge in [-0.3, -0.25) is 4.79 Å². The van der Waals surface area contributed by atoms with Gasteiger partial charge in [0.05, 0.1) is 0 Å². The highest BCUT2D eigenvalue weighted by Crippen LogP contribution is 1.90. The Morgan fingerprint density at radius 1 is 1.05 bits per heavy atom. The minimum Gasteiger partial charge on any atom is -0.356 e. The number of hydrogen-bond acceptors (Lipinski definition) is 3. The molecule has 122 valence electrons. The van der Waals surface area contributed by atoms with Crippen LogP contribution in [0.15, 0.2) is 0 Å². The predicted octanol–water partition coefficient (Wildman–Crippen LogP) is 3.03. The summed E-state index contributed by atoms with van der Waals surface area (Å²) in [5, 5.41) is 9.65. The third-order valence-corrected chi connectivity index (χ3v) is 2.79. The van der Waals surface area contributed by atoms with E-state index in [2.05, 4.69) is 29.8 Å². The van der Waals surface area contributed by atoms with Gasteiger partial charge in [0.25, 0.3) is 0 Å². The lowest BCUT2D eigenvalue weighted by molar-refractivity contribution is -0.118. The number of nitrogens with one attached hydrogen (secondary N) is 3. The first-order chi connectivity index (χ1) is 9.16. The Labute approximate surface area is 124 Å². The van der Waals surface area contributed by atoms with Crippen molar-refractivity contribution in [2.24, 2.45) is 0 Å². The minimum atomic E-state index is 0. The molecule has 4 nitrogen and oxygen atoms in total. The molecule has 0 aliphatic heterocycles. The minimum absolute atomic E-state index is 0. The van der Waals surface area contributed by atoms with Gasteiger partial charge >= 0.3 is 0 Å². The second-order valence-electron chi connectivity index (χ2n) is 4.56. The third kappa shape index (κ3) is 19.9. The van der Waals surface area contributed by atoms with Crippen LogP contribution in [0, 0.1) is 0 Å². The van der Waals surface area contributed by atoms with E-state index in [9.17, 15) is 4.79 Å². The Morgan fingerprint density at radius 2 is 1.63 bits per heavy atom. The molecule has 0 aromatic rings. The van der Waals surface area contributed by atoms with Gasteiger partial charge in [-0.1, -0.05) is 20.8 Å². The summed E-state index contributed by atoms with van der Waals surface area (Å²) >= 11 is 0. The van der Waals surface area contributed by atoms with Crippen molar-refractivity contribution in [3.63, 3.8) is 0 Å². The van der Waals surface area contributed by atoms with Crippen molar-refractivity contribution in [3.05, 3.63) is 0 Å². The van der Waals surface area contributed by atoms with E-state index in [1.807, 2.05) is 13.8 Å². The van der Waals surface area contributed by atoms with Gasteiger partial charge in [-0.2, -0.15) is 0 Å². The average Bonchev–Trinajstić information content (AvgIpc) is 2.42. The van der Waals surface area contributed by atoms with Crippen LogP contribution in [0.5, 0.6) is 0 Å². The fourth-order valence-corrected chi connectivity index (χ4v) is 1.47. The second-order valence-corrected chi connectivity index (χ2v) is 4.56. The van der Waals surface area contributed by atoms with Crippen LogP contribution in [-0.2, 0) is 4.79 Å². The molecule has 0 aliphatic carbocycles. The van der Waals surface area contributed by atoms with Crippen molar-refractivity contribution in [2.75, 3.05) is 26.2 Å². The maximum absolute atomic E-state index is 10.6. The molecule has 1 atom stereocenters. The fourth-order valence-electron chi connectivity index (χ4n) is 1.47. The van der Waals surface area contributed by atoms with Gasteiger partial charge in [-0.05, 0) is 52.2 Å². The van der Waals surface area contributed by atoms with Gasteiger partial charge in [0.1, 0.15) is 0 Å². The van der Waals surface area contributed by atoms with E-state index in [1.54, 1.807) is 6.92 Å². The summed E-state index contributed by atoms with van der Waals surface area (Å²) < 4.78 is 0. The highest BCUT2D eigenvalue weighted by atomic mass is 16.1. The molecule has 0 heterocycles. The van der Waals surface area contributed by atoms with Crippen LogP contribution in [0.1, 0.15) is 64.6 Å². The fraction of sp³-hybridized carbons (Fsp3) is 0.933. The molecule has 0 fully saturated rings. The monoisotopic (exact) mass is 279 g/mol. The van der Waals surface area contributed by atoms with Crippen LogP contribution in [0.4, 0.5) is 0 Å². The van der Waals surface area contributed by atoms with Crippen LogP contribution in [0.2, 0.25) is 0 Å². The van der Waals surface area contributed by atoms with Crippen LogP contribution in [0.3, 0.4) is 0 Å². The largest absolute Gasteiger partial charge is 0.356 e. The van der Waals surface area contributed by atoms with E-state index in [-0.39, 0.29) is 10.2 Å². The van der Waals surface area contributed by atoms with Crippen LogP contribution in [-0.4, -0.2) is 38.1 Å². The third-order valence-electron chi connectivity index (χ3n) is 2.79. The predicted molar refractivity (Wildman–Crippen MR) is 90.9 cm³/mol. The van der Waals surface area contributed by atoms with Gasteiger partial charge < -0.3 is 16.0 Å². The Bertz CT molecular complexity index is 199. The molecule has 0 saturated heterocycles. The standard InChI is InChI=1S/C13H29N3O.C2H6.3H2/c1-4-12(2)15-10-6-5-8-14-9-7-11-16-13(3)17;1-2;;;/h12,14-15H,4-11H2,1-3H3,(H,16,17);1-2H3;3*1H. The first kappa shape index (κ1) is 20.7. The lowest BCUT2D eigenvalue weighted by Gasteiger charge is -2.11. The zero-order valence-electron chi connectivity index (χ0n) is 13.6. The lowest BCUT2D eigenvalue weighted by atomic mass is 10.2. The van der Waals surface area contributed by atoms with Crippen molar-refractivity contribution in [3.8, 4) is 0 Å². The Kier molecular flexibility index (Phi) is 18.9. The summed E-state index contributed by atoms with van der Waals surface area (Å²) in [7, 11) is 0. The number of hydrogen-bond donors (Lipinski definition) is 3. The van der Waals surface area contributed by atoms with E-state index in [0.29, 0.717) is 6.04 Å². The van der Waals surface area contributed by atoms with Crippen molar-refractivity contribution in [1.82, 2.24) is 16.0 Å². The van der Waals surface area contributed by atoms with Gasteiger partial charge in [0, 0.05) is 23.8 Å². The summed E-state index contributed by atoms with van der Waals surface area (Å²) in [4.78, 5) is 10.6. The maximum atomic E-state index is 10.6. The van der Waals surface area contributed by atoms with Gasteiger partial charge in [-0.25, -0.2) is 0 Å². The zero-order valence-corrected chi connectivity index (χ0v) is 13.6. The van der Waals surface area contributed by atoms with Crippen molar-refractivity contribution in [1.29, 1.82) is 0 Å². The SMILES string of the molecule is CC.CCC(C)NCCCCNCCCNC(C)=O.[HH].[HH].[HH]. The number of carbonyl (C=O) groups excluding carboxylic acids is 1. The molecule has 0 aromatic carbocycles. The first-order valence-corrected chi connectivity index (χ1v) is 7.85. The molecule has 0 radical (unpaired) electrons. The Hall–Kier alpha value is -0.610. The second kappa shape index (κ2) is 17.4. The average molecular weight is 280 g/mol. The highest BCUT2D eigenvalue weighted by Gasteiger charge is 1.96. The molecule has 1 amide bonds. The van der Waals surface area contributed by atoms with Crippen LogP contribution >= 0.6 is 0 Å². The Balaban J connectivity index is -0.000000184. The van der Waals surface area contributed by atoms with Gasteiger partial charge in [-0.15, -0.1) is 0 Å². The van der Waals surface area contributed by atoms with Gasteiger partial charge in [0.15, 0.2) is 0 Å². The number of unbranched alkanes of at least 4 members (excludes halogenated alkanes) is 1. The summed E-state index contributed by atoms with van der Waals surface area (Å²) in [6.07, 6.45) is 4.64. The van der Waals surface area contributed by atoms with E-state index in [4.69, 9.17) is 0 Å². The van der Waals surface area contributed by atoms with Crippen molar-refractivity contribution >= 4 is 5.91 Å². The molecule has 0 aliphatic rings. The van der Waals surface area contributed by atoms with E-state index < -0.39 is 0 Å². The Morgan fingerprint density at radius 3 is 2.21 bits per heavy atom. The quantitative estimate of drug-likeness (QED) is 0.510. The molecule has 0 spiro atoms. The smallest absolute Gasteiger partial charge is 0.216 e. The molecule has 0 saturated carbocycles. The number of rotatable bonds is 11. The van der Waals surface area contributed by atoms with Crippen LogP contribution in [0.25, 0.3) is 0 Å². The molecule has 0 aromatic heterocycles. The van der Waals surface area contributed by atoms with Crippen LogP contribution < -0.4 is 16.0 Å². The van der Waals surface area contributed by atoms with Crippen molar-refractivity contribution in [2.45, 2.75) is 66.3 Å². The van der Waals surface area contributed by atoms with E-state index in [1.165, 1.54) is 19.3 Å². The zero-order chi connectivity index (χ0) is 14.9. The molecule has 4 heteroatoms. The van der Waals surface area contributed by atoms with E-state index >= 15 is 0 Å². The number of amides is 1. The molecular weight excluding hydrogens is 238 g/mol. The summed E-state index contributed by atoms with van der Waals surface area (Å²) in [6, 6.07) is 0.639. The molecule has 3 N–H and O–H groups in total. The topological polar surface area (TPSA) is 53.2 Å². The molecule has 0 rings (SSSR count). The lowest BCUT2D eigenvalue weighted by Crippen LogP contribution is -2.27. The molecule has 0 bridgehead atoms. The molecule has 1 unspecified atom stereocenters. The van der Waals surface area contributed by atoms with Crippen molar-refractivity contribution < 1.29 is 9.07 Å².